The maximum atomic E-state index is 9.84. The number of rotatable bonds is 2. The number of likely N-dealkylation sites (N-methyl/N-ethyl adjacent to an activating group) is 1. The summed E-state index contributed by atoms with van der Waals surface area (Å²) < 4.78 is 12.0. The van der Waals surface area contributed by atoms with Gasteiger partial charge in [0.05, 0.1) is 19.1 Å². The zero-order valence-electron chi connectivity index (χ0n) is 13.5. The Morgan fingerprint density at radius 1 is 1.39 bits per heavy atom. The lowest BCUT2D eigenvalue weighted by molar-refractivity contribution is 0.104. The van der Waals surface area contributed by atoms with Gasteiger partial charge in [-0.15, -0.1) is 0 Å². The summed E-state index contributed by atoms with van der Waals surface area (Å²) in [6.45, 7) is 1.10. The highest BCUT2D eigenvalue weighted by Gasteiger charge is 2.61. The maximum absolute atomic E-state index is 9.84. The van der Waals surface area contributed by atoms with Crippen molar-refractivity contribution in [1.82, 2.24) is 4.90 Å². The van der Waals surface area contributed by atoms with Gasteiger partial charge >= 0.3 is 0 Å². The summed E-state index contributed by atoms with van der Waals surface area (Å²) in [6, 6.07) is 4.65. The van der Waals surface area contributed by atoms with Crippen LogP contribution < -0.4 is 9.47 Å². The van der Waals surface area contributed by atoms with E-state index in [4.69, 9.17) is 9.47 Å². The Morgan fingerprint density at radius 2 is 2.26 bits per heavy atom. The number of aliphatic hydroxyl groups is 1. The number of allylic oxidation sites excluding steroid dienone is 2. The molecule has 3 atom stereocenters. The van der Waals surface area contributed by atoms with E-state index in [1.54, 1.807) is 7.11 Å². The number of likely N-dealkylation sites (tertiary alicyclic amines) is 1. The zero-order chi connectivity index (χ0) is 15.8. The third kappa shape index (κ3) is 1.44. The van der Waals surface area contributed by atoms with E-state index in [0.717, 1.165) is 36.5 Å². The summed E-state index contributed by atoms with van der Waals surface area (Å²) in [7, 11) is 3.91. The molecule has 1 aromatic rings. The van der Waals surface area contributed by atoms with Crippen LogP contribution in [-0.2, 0) is 11.8 Å². The van der Waals surface area contributed by atoms with Gasteiger partial charge in [0.15, 0.2) is 11.5 Å². The predicted octanol–water partition coefficient (Wildman–Crippen LogP) is 1.81. The first-order chi connectivity index (χ1) is 11.2. The molecule has 0 aromatic heterocycles. The van der Waals surface area contributed by atoms with E-state index in [9.17, 15) is 5.11 Å². The van der Waals surface area contributed by atoms with Gasteiger partial charge in [0.1, 0.15) is 6.10 Å². The Kier molecular flexibility index (Phi) is 2.61. The summed E-state index contributed by atoms with van der Waals surface area (Å²) in [4.78, 5) is 2.46. The Labute approximate surface area is 136 Å². The number of benzene rings is 1. The molecule has 0 saturated carbocycles. The topological polar surface area (TPSA) is 41.9 Å². The van der Waals surface area contributed by atoms with Crippen LogP contribution in [0.5, 0.6) is 11.5 Å². The van der Waals surface area contributed by atoms with E-state index in [1.807, 2.05) is 6.07 Å². The first-order valence-electron chi connectivity index (χ1n) is 8.30. The number of piperidine rings is 1. The van der Waals surface area contributed by atoms with E-state index in [2.05, 4.69) is 30.2 Å². The second-order valence-electron chi connectivity index (χ2n) is 7.07. The number of ether oxygens (including phenoxy) is 2. The summed E-state index contributed by atoms with van der Waals surface area (Å²) in [5.41, 5.74) is 5.00. The van der Waals surface area contributed by atoms with Gasteiger partial charge in [0.2, 0.25) is 0 Å². The van der Waals surface area contributed by atoms with Crippen LogP contribution in [0, 0.1) is 0 Å². The van der Waals surface area contributed by atoms with Gasteiger partial charge in [-0.25, -0.2) is 0 Å². The van der Waals surface area contributed by atoms with E-state index >= 15 is 0 Å². The normalized spacial score (nSPS) is 33.5. The van der Waals surface area contributed by atoms with Gasteiger partial charge in [0.25, 0.3) is 0 Å². The number of aliphatic hydroxyl groups excluding tert-OH is 1. The van der Waals surface area contributed by atoms with Crippen LogP contribution in [-0.4, -0.2) is 49.5 Å². The van der Waals surface area contributed by atoms with Crippen LogP contribution in [0.1, 0.15) is 17.5 Å². The predicted molar refractivity (Wildman–Crippen MR) is 87.1 cm³/mol. The summed E-state index contributed by atoms with van der Waals surface area (Å²) >= 11 is 0. The van der Waals surface area contributed by atoms with Crippen molar-refractivity contribution in [3.63, 3.8) is 0 Å². The average molecular weight is 311 g/mol. The molecule has 1 fully saturated rings. The number of hydrogen-bond acceptors (Lipinski definition) is 4. The number of hydrogen-bond donors (Lipinski definition) is 1. The van der Waals surface area contributed by atoms with E-state index in [0.29, 0.717) is 6.04 Å². The monoisotopic (exact) mass is 311 g/mol. The highest BCUT2D eigenvalue weighted by atomic mass is 16.5. The van der Waals surface area contributed by atoms with Crippen LogP contribution in [0.3, 0.4) is 0 Å². The molecule has 1 spiro atoms. The minimum Gasteiger partial charge on any atom is -0.493 e. The molecule has 23 heavy (non-hydrogen) atoms. The molecule has 0 radical (unpaired) electrons. The molecule has 2 aliphatic heterocycles. The van der Waals surface area contributed by atoms with E-state index < -0.39 is 0 Å². The van der Waals surface area contributed by atoms with Gasteiger partial charge in [-0.1, -0.05) is 18.2 Å². The summed E-state index contributed by atoms with van der Waals surface area (Å²) in [5.74, 6) is 1.70. The fourth-order valence-electron chi connectivity index (χ4n) is 5.18. The van der Waals surface area contributed by atoms with Crippen LogP contribution >= 0.6 is 0 Å². The van der Waals surface area contributed by atoms with Crippen LogP contribution in [0.15, 0.2) is 35.4 Å². The van der Waals surface area contributed by atoms with E-state index in [-0.39, 0.29) is 18.1 Å². The zero-order valence-corrected chi connectivity index (χ0v) is 13.5. The van der Waals surface area contributed by atoms with E-state index in [1.165, 1.54) is 16.7 Å². The maximum Gasteiger partial charge on any atom is 0.166 e. The summed E-state index contributed by atoms with van der Waals surface area (Å²) in [6.07, 6.45) is 6.27. The van der Waals surface area contributed by atoms with Crippen LogP contribution in [0.4, 0.5) is 0 Å². The largest absolute Gasteiger partial charge is 0.493 e. The first-order valence-corrected chi connectivity index (χ1v) is 8.30. The minimum atomic E-state index is -0.110. The molecule has 1 saturated heterocycles. The highest BCUT2D eigenvalue weighted by Crippen LogP contribution is 2.62. The Hall–Kier alpha value is -1.78. The lowest BCUT2D eigenvalue weighted by atomic mass is 9.56. The Morgan fingerprint density at radius 3 is 3.04 bits per heavy atom. The summed E-state index contributed by atoms with van der Waals surface area (Å²) in [5, 5.41) is 9.84. The molecule has 2 aliphatic carbocycles. The third-order valence-corrected chi connectivity index (χ3v) is 6.23. The molecule has 4 heteroatoms. The molecule has 0 amide bonds. The molecule has 1 N–H and O–H groups in total. The standard InChI is InChI=1S/C19H21NO3/c1-20-8-7-19-13-5-3-12(10-21)18(19)23-17-15(22-2)6-4-11(16(17)19)9-14(13)20/h3-6,14,18,21H,7-10H2,1-2H3/t14-,18?,19+/m1/s1. The lowest BCUT2D eigenvalue weighted by Crippen LogP contribution is -2.58. The van der Waals surface area contributed by atoms with Crippen LogP contribution in [0.2, 0.25) is 0 Å². The Balaban J connectivity index is 1.84. The molecular weight excluding hydrogens is 290 g/mol. The van der Waals surface area contributed by atoms with Gasteiger partial charge in [-0.3, -0.25) is 4.90 Å². The molecule has 1 aromatic carbocycles. The third-order valence-electron chi connectivity index (χ3n) is 6.23. The highest BCUT2D eigenvalue weighted by molar-refractivity contribution is 5.68. The first kappa shape index (κ1) is 13.6. The molecule has 1 unspecified atom stereocenters. The molecule has 4 nitrogen and oxygen atoms in total. The molecule has 5 rings (SSSR count). The van der Waals surface area contributed by atoms with Crippen molar-refractivity contribution < 1.29 is 14.6 Å². The molecule has 2 heterocycles. The minimum absolute atomic E-state index is 0.0440. The Bertz CT molecular complexity index is 766. The smallest absolute Gasteiger partial charge is 0.166 e. The van der Waals surface area contributed by atoms with Crippen molar-refractivity contribution in [3.8, 4) is 11.5 Å². The van der Waals surface area contributed by atoms with Crippen molar-refractivity contribution in [2.45, 2.75) is 30.4 Å². The van der Waals surface area contributed by atoms with Gasteiger partial charge < -0.3 is 14.6 Å². The average Bonchev–Trinajstić information content (AvgIpc) is 2.92. The van der Waals surface area contributed by atoms with Crippen molar-refractivity contribution in [1.29, 1.82) is 0 Å². The second-order valence-corrected chi connectivity index (χ2v) is 7.07. The molecule has 4 aliphatic rings. The van der Waals surface area contributed by atoms with Crippen molar-refractivity contribution >= 4 is 0 Å². The fraction of sp³-hybridized carbons (Fsp3) is 0.474. The van der Waals surface area contributed by atoms with Gasteiger partial charge in [-0.2, -0.15) is 0 Å². The SMILES string of the molecule is COc1ccc2c3c1OC1C(CO)=CC=C4[C@@H](C2)N(C)CC[C@]431. The number of nitrogens with zero attached hydrogens (tertiary/aromatic N) is 1. The van der Waals surface area contributed by atoms with Crippen molar-refractivity contribution in [2.24, 2.45) is 0 Å². The van der Waals surface area contributed by atoms with Crippen molar-refractivity contribution in [2.75, 3.05) is 27.3 Å². The molecular formula is C19H21NO3. The quantitative estimate of drug-likeness (QED) is 0.904. The van der Waals surface area contributed by atoms with Crippen molar-refractivity contribution in [3.05, 3.63) is 46.6 Å². The van der Waals surface area contributed by atoms with Gasteiger partial charge in [-0.05, 0) is 49.2 Å². The second kappa shape index (κ2) is 4.40. The lowest BCUT2D eigenvalue weighted by Gasteiger charge is -2.53. The fourth-order valence-corrected chi connectivity index (χ4v) is 5.18. The van der Waals surface area contributed by atoms with Crippen LogP contribution in [0.25, 0.3) is 0 Å². The van der Waals surface area contributed by atoms with Gasteiger partial charge in [0, 0.05) is 11.6 Å². The molecule has 120 valence electrons. The number of methoxy groups -OCH3 is 1. The molecule has 2 bridgehead atoms.